The Kier molecular flexibility index (Phi) is 4.57. The lowest BCUT2D eigenvalue weighted by atomic mass is 10.1. The van der Waals surface area contributed by atoms with Gasteiger partial charge in [0.05, 0.1) is 17.8 Å². The second kappa shape index (κ2) is 7.01. The van der Waals surface area contributed by atoms with E-state index >= 15 is 0 Å². The minimum atomic E-state index is 0.0649. The summed E-state index contributed by atoms with van der Waals surface area (Å²) >= 11 is 6.44. The molecule has 8 heteroatoms. The molecular formula is C18H18ClN3O4. The zero-order valence-electron chi connectivity index (χ0n) is 14.2. The van der Waals surface area contributed by atoms with E-state index < -0.39 is 0 Å². The number of hydrogen-bond acceptors (Lipinski definition) is 7. The van der Waals surface area contributed by atoms with Crippen molar-refractivity contribution in [1.82, 2.24) is 9.97 Å². The van der Waals surface area contributed by atoms with Crippen LogP contribution in [0.4, 0.5) is 6.01 Å². The largest absolute Gasteiger partial charge is 0.507 e. The van der Waals surface area contributed by atoms with E-state index in [9.17, 15) is 5.11 Å². The van der Waals surface area contributed by atoms with Crippen LogP contribution in [0.15, 0.2) is 28.9 Å². The maximum atomic E-state index is 10.4. The summed E-state index contributed by atoms with van der Waals surface area (Å²) < 4.78 is 16.0. The maximum absolute atomic E-state index is 10.4. The molecule has 1 aliphatic rings. The summed E-state index contributed by atoms with van der Waals surface area (Å²) in [5.74, 6) is 0.548. The molecule has 136 valence electrons. The molecule has 2 heterocycles. The monoisotopic (exact) mass is 375 g/mol. The Morgan fingerprint density at radius 3 is 2.88 bits per heavy atom. The maximum Gasteiger partial charge on any atom is 0.295 e. The summed E-state index contributed by atoms with van der Waals surface area (Å²) in [5.41, 5.74) is 1.43. The quantitative estimate of drug-likeness (QED) is 0.606. The number of methoxy groups -OCH3 is 1. The van der Waals surface area contributed by atoms with Crippen LogP contribution < -0.4 is 10.1 Å². The number of aromatic nitrogens is 2. The zero-order chi connectivity index (χ0) is 18.1. The van der Waals surface area contributed by atoms with E-state index in [0.29, 0.717) is 58.3 Å². The Balaban J connectivity index is 1.69. The van der Waals surface area contributed by atoms with E-state index in [1.165, 1.54) is 6.26 Å². The molecular weight excluding hydrogens is 358 g/mol. The van der Waals surface area contributed by atoms with Crippen molar-refractivity contribution < 1.29 is 19.0 Å². The Labute approximate surface area is 154 Å². The van der Waals surface area contributed by atoms with Crippen LogP contribution in [0.5, 0.6) is 11.5 Å². The van der Waals surface area contributed by atoms with Gasteiger partial charge in [-0.25, -0.2) is 4.98 Å². The number of rotatable bonds is 7. The van der Waals surface area contributed by atoms with Crippen LogP contribution in [0, 0.1) is 0 Å². The van der Waals surface area contributed by atoms with Crippen LogP contribution in [0.2, 0.25) is 5.02 Å². The van der Waals surface area contributed by atoms with Gasteiger partial charge >= 0.3 is 0 Å². The molecule has 2 N–H and O–H groups in total. The number of fused-ring (bicyclic) bond motifs is 1. The minimum absolute atomic E-state index is 0.0649. The Bertz CT molecular complexity index is 940. The van der Waals surface area contributed by atoms with Gasteiger partial charge in [-0.05, 0) is 25.0 Å². The molecule has 0 unspecified atom stereocenters. The number of ether oxygens (including phenoxy) is 2. The summed E-state index contributed by atoms with van der Waals surface area (Å²) in [6.07, 6.45) is 3.74. The summed E-state index contributed by atoms with van der Waals surface area (Å²) in [4.78, 5) is 8.93. The van der Waals surface area contributed by atoms with E-state index in [-0.39, 0.29) is 5.75 Å². The predicted molar refractivity (Wildman–Crippen MR) is 97.9 cm³/mol. The van der Waals surface area contributed by atoms with Crippen molar-refractivity contribution in [2.45, 2.75) is 18.9 Å². The van der Waals surface area contributed by atoms with Crippen LogP contribution in [0.3, 0.4) is 0 Å². The highest BCUT2D eigenvalue weighted by atomic mass is 35.5. The molecule has 1 saturated carbocycles. The standard InChI is InChI=1S/C18H18ClN3O4/c1-24-6-7-25-15-5-4-11-14(23)8-12(21-17(11)16(15)19)13-9-26-18(22-13)20-10-2-3-10/h4-5,8-10H,2-3,6-7H2,1H3,(H,20,22)(H,21,23). The molecule has 1 fully saturated rings. The van der Waals surface area contributed by atoms with Crippen LogP contribution >= 0.6 is 11.6 Å². The SMILES string of the molecule is COCCOc1ccc2c(O)cc(-c3coc(NC4CC4)n3)nc2c1Cl. The van der Waals surface area contributed by atoms with Gasteiger partial charge in [-0.1, -0.05) is 11.6 Å². The van der Waals surface area contributed by atoms with Gasteiger partial charge < -0.3 is 24.3 Å². The highest BCUT2D eigenvalue weighted by Crippen LogP contribution is 2.37. The van der Waals surface area contributed by atoms with Crippen LogP contribution in [-0.4, -0.2) is 41.4 Å². The first-order chi connectivity index (χ1) is 12.7. The smallest absolute Gasteiger partial charge is 0.295 e. The van der Waals surface area contributed by atoms with Crippen molar-refractivity contribution in [3.05, 3.63) is 29.5 Å². The number of halogens is 1. The average molecular weight is 376 g/mol. The summed E-state index contributed by atoms with van der Waals surface area (Å²) in [5, 5.41) is 14.4. The molecule has 0 spiro atoms. The van der Waals surface area contributed by atoms with Gasteiger partial charge in [-0.2, -0.15) is 4.98 Å². The third-order valence-electron chi connectivity index (χ3n) is 4.08. The lowest BCUT2D eigenvalue weighted by molar-refractivity contribution is 0.146. The second-order valence-corrected chi connectivity index (χ2v) is 6.48. The molecule has 0 radical (unpaired) electrons. The van der Waals surface area contributed by atoms with E-state index in [1.54, 1.807) is 25.3 Å². The first-order valence-electron chi connectivity index (χ1n) is 8.32. The van der Waals surface area contributed by atoms with E-state index in [1.807, 2.05) is 0 Å². The number of oxazole rings is 1. The molecule has 0 amide bonds. The Morgan fingerprint density at radius 2 is 2.12 bits per heavy atom. The first kappa shape index (κ1) is 16.9. The van der Waals surface area contributed by atoms with E-state index in [2.05, 4.69) is 15.3 Å². The van der Waals surface area contributed by atoms with Gasteiger partial charge in [-0.3, -0.25) is 0 Å². The summed E-state index contributed by atoms with van der Waals surface area (Å²) in [6, 6.07) is 5.85. The molecule has 0 saturated heterocycles. The molecule has 7 nitrogen and oxygen atoms in total. The van der Waals surface area contributed by atoms with E-state index in [0.717, 1.165) is 12.8 Å². The van der Waals surface area contributed by atoms with Crippen LogP contribution in [0.1, 0.15) is 12.8 Å². The van der Waals surface area contributed by atoms with Crippen molar-refractivity contribution in [1.29, 1.82) is 0 Å². The molecule has 1 aromatic carbocycles. The van der Waals surface area contributed by atoms with Crippen LogP contribution in [0.25, 0.3) is 22.3 Å². The number of pyridine rings is 1. The fourth-order valence-corrected chi connectivity index (χ4v) is 2.82. The third-order valence-corrected chi connectivity index (χ3v) is 4.44. The van der Waals surface area contributed by atoms with Gasteiger partial charge in [0.25, 0.3) is 6.01 Å². The number of benzene rings is 1. The highest BCUT2D eigenvalue weighted by molar-refractivity contribution is 6.36. The molecule has 4 rings (SSSR count). The molecule has 26 heavy (non-hydrogen) atoms. The zero-order valence-corrected chi connectivity index (χ0v) is 14.9. The molecule has 2 aromatic heterocycles. The third kappa shape index (κ3) is 3.40. The Hall–Kier alpha value is -2.51. The molecule has 0 bridgehead atoms. The second-order valence-electron chi connectivity index (χ2n) is 6.10. The number of hydrogen-bond donors (Lipinski definition) is 2. The topological polar surface area (TPSA) is 89.6 Å². The van der Waals surface area contributed by atoms with Crippen LogP contribution in [-0.2, 0) is 4.74 Å². The van der Waals surface area contributed by atoms with Gasteiger partial charge in [0.2, 0.25) is 0 Å². The average Bonchev–Trinajstić information content (AvgIpc) is 3.32. The lowest BCUT2D eigenvalue weighted by Gasteiger charge is -2.11. The number of nitrogens with one attached hydrogen (secondary N) is 1. The predicted octanol–water partition coefficient (Wildman–Crippen LogP) is 3.85. The molecule has 1 aliphatic carbocycles. The van der Waals surface area contributed by atoms with Crippen molar-refractivity contribution in [2.24, 2.45) is 0 Å². The number of nitrogens with zero attached hydrogens (tertiary/aromatic N) is 2. The number of anilines is 1. The lowest BCUT2D eigenvalue weighted by Crippen LogP contribution is -2.04. The van der Waals surface area contributed by atoms with Gasteiger partial charge in [0.15, 0.2) is 0 Å². The van der Waals surface area contributed by atoms with Gasteiger partial charge in [-0.15, -0.1) is 0 Å². The van der Waals surface area contributed by atoms with Crippen molar-refractivity contribution in [3.8, 4) is 22.9 Å². The van der Waals surface area contributed by atoms with Crippen molar-refractivity contribution in [3.63, 3.8) is 0 Å². The summed E-state index contributed by atoms with van der Waals surface area (Å²) in [7, 11) is 1.60. The van der Waals surface area contributed by atoms with Gasteiger partial charge in [0, 0.05) is 24.6 Å². The molecule has 0 aliphatic heterocycles. The minimum Gasteiger partial charge on any atom is -0.507 e. The summed E-state index contributed by atoms with van der Waals surface area (Å²) in [6.45, 7) is 0.815. The highest BCUT2D eigenvalue weighted by Gasteiger charge is 2.23. The fraction of sp³-hybridized carbons (Fsp3) is 0.333. The van der Waals surface area contributed by atoms with Crippen molar-refractivity contribution in [2.75, 3.05) is 25.6 Å². The van der Waals surface area contributed by atoms with E-state index in [4.69, 9.17) is 25.5 Å². The fourth-order valence-electron chi connectivity index (χ4n) is 2.56. The van der Waals surface area contributed by atoms with Crippen molar-refractivity contribution >= 4 is 28.5 Å². The molecule has 3 aromatic rings. The van der Waals surface area contributed by atoms with Gasteiger partial charge in [0.1, 0.15) is 35.1 Å². The first-order valence-corrected chi connectivity index (χ1v) is 8.70. The molecule has 0 atom stereocenters. The number of aromatic hydroxyl groups is 1. The Morgan fingerprint density at radius 1 is 1.27 bits per heavy atom. The normalized spacial score (nSPS) is 13.9.